The largest absolute Gasteiger partial charge is 0.449 e. The van der Waals surface area contributed by atoms with Crippen LogP contribution in [0.2, 0.25) is 0 Å². The molecule has 3 aromatic rings. The van der Waals surface area contributed by atoms with Crippen molar-refractivity contribution in [1.29, 1.82) is 0 Å². The van der Waals surface area contributed by atoms with Gasteiger partial charge in [-0.2, -0.15) is 0 Å². The maximum Gasteiger partial charge on any atom is 0.407 e. The Balaban J connectivity index is 1.30. The monoisotopic (exact) mass is 450 g/mol. The van der Waals surface area contributed by atoms with Crippen molar-refractivity contribution in [3.05, 3.63) is 105 Å². The number of nitrogens with one attached hydrogen (secondary N) is 1. The molecule has 1 amide bonds. The third-order valence-corrected chi connectivity index (χ3v) is 5.49. The van der Waals surface area contributed by atoms with Crippen molar-refractivity contribution < 1.29 is 23.2 Å². The second-order valence-corrected chi connectivity index (χ2v) is 7.53. The lowest BCUT2D eigenvalue weighted by atomic mass is 9.98. The van der Waals surface area contributed by atoms with Gasteiger partial charge in [0.1, 0.15) is 6.61 Å². The van der Waals surface area contributed by atoms with Crippen molar-refractivity contribution in [2.24, 2.45) is 0 Å². The lowest BCUT2D eigenvalue weighted by molar-refractivity contribution is -0.385. The average Bonchev–Trinajstić information content (AvgIpc) is 3.13. The topological polar surface area (TPSA) is 81.5 Å². The fraction of sp³-hybridized carbons (Fsp3) is 0.160. The first-order chi connectivity index (χ1) is 16.0. The Bertz CT molecular complexity index is 1200. The van der Waals surface area contributed by atoms with Crippen LogP contribution in [0.25, 0.3) is 17.2 Å². The maximum absolute atomic E-state index is 13.4. The third kappa shape index (κ3) is 4.74. The summed E-state index contributed by atoms with van der Waals surface area (Å²) in [4.78, 5) is 22.4. The van der Waals surface area contributed by atoms with E-state index in [1.54, 1.807) is 0 Å². The predicted octanol–water partition coefficient (Wildman–Crippen LogP) is 5.82. The molecule has 0 unspecified atom stereocenters. The first-order valence-electron chi connectivity index (χ1n) is 10.3. The summed E-state index contributed by atoms with van der Waals surface area (Å²) in [6.07, 6.45) is 2.59. The number of hydrogen-bond acceptors (Lipinski definition) is 4. The SMILES string of the molecule is O=C(NCCC=Cc1cc(F)c(F)cc1[N+](=O)[O-])OCC1c2ccccc2-c2ccccc21. The Labute approximate surface area is 188 Å². The molecule has 33 heavy (non-hydrogen) atoms. The van der Waals surface area contributed by atoms with Crippen LogP contribution in [0.15, 0.2) is 66.7 Å². The second-order valence-electron chi connectivity index (χ2n) is 7.53. The lowest BCUT2D eigenvalue weighted by Gasteiger charge is -2.14. The van der Waals surface area contributed by atoms with Crippen molar-refractivity contribution >= 4 is 17.9 Å². The molecule has 1 aliphatic carbocycles. The van der Waals surface area contributed by atoms with Gasteiger partial charge in [0.25, 0.3) is 5.69 Å². The van der Waals surface area contributed by atoms with E-state index in [0.717, 1.165) is 28.3 Å². The van der Waals surface area contributed by atoms with Gasteiger partial charge in [-0.3, -0.25) is 10.1 Å². The smallest absolute Gasteiger partial charge is 0.407 e. The molecular formula is C25H20F2N2O4. The Morgan fingerprint density at radius 3 is 2.27 bits per heavy atom. The minimum absolute atomic E-state index is 0.0445. The standard InChI is InChI=1S/C25H20F2N2O4/c26-22-13-16(24(29(31)32)14-23(22)27)7-5-6-12-28-25(30)33-15-21-19-10-3-1-8-17(19)18-9-2-4-11-20(18)21/h1-5,7-11,13-14,21H,6,12,15H2,(H,28,30). The highest BCUT2D eigenvalue weighted by Gasteiger charge is 2.28. The zero-order valence-electron chi connectivity index (χ0n) is 17.5. The van der Waals surface area contributed by atoms with E-state index in [2.05, 4.69) is 17.4 Å². The van der Waals surface area contributed by atoms with Gasteiger partial charge in [0.2, 0.25) is 0 Å². The van der Waals surface area contributed by atoms with Crippen LogP contribution in [0.4, 0.5) is 19.3 Å². The van der Waals surface area contributed by atoms with Gasteiger partial charge in [-0.25, -0.2) is 13.6 Å². The van der Waals surface area contributed by atoms with Gasteiger partial charge in [0.15, 0.2) is 11.6 Å². The normalized spacial score (nSPS) is 12.4. The van der Waals surface area contributed by atoms with E-state index in [9.17, 15) is 23.7 Å². The summed E-state index contributed by atoms with van der Waals surface area (Å²) in [7, 11) is 0. The predicted molar refractivity (Wildman–Crippen MR) is 120 cm³/mol. The first kappa shape index (κ1) is 22.1. The molecule has 0 fully saturated rings. The molecule has 0 heterocycles. The molecule has 0 saturated carbocycles. The number of benzene rings is 3. The highest BCUT2D eigenvalue weighted by atomic mass is 19.2. The minimum Gasteiger partial charge on any atom is -0.449 e. The summed E-state index contributed by atoms with van der Waals surface area (Å²) in [6.45, 7) is 0.404. The van der Waals surface area contributed by atoms with Gasteiger partial charge >= 0.3 is 6.09 Å². The van der Waals surface area contributed by atoms with Gasteiger partial charge in [-0.15, -0.1) is 0 Å². The highest BCUT2D eigenvalue weighted by Crippen LogP contribution is 2.44. The van der Waals surface area contributed by atoms with Crippen molar-refractivity contribution in [3.8, 4) is 11.1 Å². The molecular weight excluding hydrogens is 430 g/mol. The molecule has 0 aliphatic heterocycles. The fourth-order valence-electron chi connectivity index (χ4n) is 3.96. The van der Waals surface area contributed by atoms with E-state index in [1.807, 2.05) is 36.4 Å². The van der Waals surface area contributed by atoms with Crippen LogP contribution in [0, 0.1) is 21.7 Å². The molecule has 6 nitrogen and oxygen atoms in total. The number of alkyl carbamates (subject to hydrolysis) is 1. The van der Waals surface area contributed by atoms with E-state index in [-0.39, 0.29) is 24.6 Å². The fourth-order valence-corrected chi connectivity index (χ4v) is 3.96. The zero-order chi connectivity index (χ0) is 23.4. The average molecular weight is 450 g/mol. The molecule has 4 rings (SSSR count). The molecule has 8 heteroatoms. The van der Waals surface area contributed by atoms with Crippen molar-refractivity contribution in [3.63, 3.8) is 0 Å². The number of rotatable bonds is 7. The molecule has 0 atom stereocenters. The second kappa shape index (κ2) is 9.60. The molecule has 0 radical (unpaired) electrons. The van der Waals surface area contributed by atoms with E-state index in [4.69, 9.17) is 4.74 Å². The van der Waals surface area contributed by atoms with Crippen LogP contribution in [0.3, 0.4) is 0 Å². The Kier molecular flexibility index (Phi) is 6.44. The van der Waals surface area contributed by atoms with Crippen LogP contribution in [0.5, 0.6) is 0 Å². The van der Waals surface area contributed by atoms with E-state index >= 15 is 0 Å². The highest BCUT2D eigenvalue weighted by molar-refractivity contribution is 5.79. The summed E-state index contributed by atoms with van der Waals surface area (Å²) >= 11 is 0. The Morgan fingerprint density at radius 1 is 1.03 bits per heavy atom. The van der Waals surface area contributed by atoms with Crippen LogP contribution in [0.1, 0.15) is 29.0 Å². The molecule has 0 bridgehead atoms. The van der Waals surface area contributed by atoms with Gasteiger partial charge in [0.05, 0.1) is 16.6 Å². The van der Waals surface area contributed by atoms with Crippen molar-refractivity contribution in [2.45, 2.75) is 12.3 Å². The summed E-state index contributed by atoms with van der Waals surface area (Å²) in [5, 5.41) is 13.6. The molecule has 0 saturated heterocycles. The third-order valence-electron chi connectivity index (χ3n) is 5.49. The van der Waals surface area contributed by atoms with Gasteiger partial charge < -0.3 is 10.1 Å². The number of ether oxygens (including phenoxy) is 1. The van der Waals surface area contributed by atoms with Crippen LogP contribution >= 0.6 is 0 Å². The summed E-state index contributed by atoms with van der Waals surface area (Å²) < 4.78 is 32.1. The number of fused-ring (bicyclic) bond motifs is 3. The van der Waals surface area contributed by atoms with Crippen LogP contribution in [-0.4, -0.2) is 24.2 Å². The van der Waals surface area contributed by atoms with Gasteiger partial charge in [0, 0.05) is 12.5 Å². The Morgan fingerprint density at radius 2 is 1.64 bits per heavy atom. The summed E-state index contributed by atoms with van der Waals surface area (Å²) in [6, 6.07) is 17.4. The van der Waals surface area contributed by atoms with Crippen molar-refractivity contribution in [1.82, 2.24) is 5.32 Å². The summed E-state index contributed by atoms with van der Waals surface area (Å²) in [5.41, 5.74) is 3.91. The number of nitrogens with zero attached hydrogens (tertiary/aromatic N) is 1. The Hall–Kier alpha value is -4.07. The number of carbonyl (C=O) groups is 1. The zero-order valence-corrected chi connectivity index (χ0v) is 17.5. The van der Waals surface area contributed by atoms with Crippen LogP contribution < -0.4 is 5.32 Å². The summed E-state index contributed by atoms with van der Waals surface area (Å²) in [5.74, 6) is -2.50. The number of hydrogen-bond donors (Lipinski definition) is 1. The molecule has 0 aromatic heterocycles. The first-order valence-corrected chi connectivity index (χ1v) is 10.3. The quantitative estimate of drug-likeness (QED) is 0.280. The minimum atomic E-state index is -1.28. The molecule has 168 valence electrons. The molecule has 3 aromatic carbocycles. The number of carbonyl (C=O) groups excluding carboxylic acids is 1. The molecule has 0 spiro atoms. The van der Waals surface area contributed by atoms with E-state index < -0.39 is 28.3 Å². The molecule has 1 aliphatic rings. The van der Waals surface area contributed by atoms with Gasteiger partial charge in [-0.1, -0.05) is 60.7 Å². The van der Waals surface area contributed by atoms with E-state index in [0.29, 0.717) is 12.5 Å². The van der Waals surface area contributed by atoms with E-state index in [1.165, 1.54) is 12.2 Å². The number of amides is 1. The van der Waals surface area contributed by atoms with Crippen LogP contribution in [-0.2, 0) is 4.74 Å². The maximum atomic E-state index is 13.4. The lowest BCUT2D eigenvalue weighted by Crippen LogP contribution is -2.26. The number of nitro benzene ring substituents is 1. The number of nitro groups is 1. The van der Waals surface area contributed by atoms with Gasteiger partial charge in [-0.05, 0) is 34.7 Å². The number of halogens is 2. The van der Waals surface area contributed by atoms with Crippen molar-refractivity contribution in [2.75, 3.05) is 13.2 Å². The molecule has 1 N–H and O–H groups in total.